The van der Waals surface area contributed by atoms with Crippen molar-refractivity contribution in [2.45, 2.75) is 45.3 Å². The molecule has 2 aliphatic heterocycles. The van der Waals surface area contributed by atoms with Crippen LogP contribution in [0, 0.1) is 5.41 Å². The van der Waals surface area contributed by atoms with Gasteiger partial charge in [-0.15, -0.1) is 0 Å². The molecule has 5 heteroatoms. The van der Waals surface area contributed by atoms with E-state index in [1.807, 2.05) is 44.2 Å². The number of hydrogen-bond donors (Lipinski definition) is 1. The van der Waals surface area contributed by atoms with Crippen LogP contribution in [0.1, 0.15) is 32.3 Å². The van der Waals surface area contributed by atoms with Gasteiger partial charge in [0.15, 0.2) is 0 Å². The molecule has 0 radical (unpaired) electrons. The van der Waals surface area contributed by atoms with Crippen LogP contribution < -0.4 is 0 Å². The second-order valence-corrected chi connectivity index (χ2v) is 7.63. The van der Waals surface area contributed by atoms with Gasteiger partial charge in [-0.25, -0.2) is 0 Å². The Balaban J connectivity index is 1.67. The van der Waals surface area contributed by atoms with Crippen LogP contribution in [0.25, 0.3) is 0 Å². The Bertz CT molecular complexity index is 614. The maximum absolute atomic E-state index is 12.9. The summed E-state index contributed by atoms with van der Waals surface area (Å²) in [6, 6.07) is 9.26. The lowest BCUT2D eigenvalue weighted by Gasteiger charge is -2.28. The van der Waals surface area contributed by atoms with Crippen molar-refractivity contribution >= 4 is 11.8 Å². The fraction of sp³-hybridized carbons (Fsp3) is 0.579. The SMILES string of the molecule is CC1(C)CN(C(=O)[C@@H]2CCCN2C(=O)Cc2ccccc2)C[C@@H]1O. The van der Waals surface area contributed by atoms with Crippen LogP contribution in [-0.2, 0) is 16.0 Å². The molecule has 2 heterocycles. The van der Waals surface area contributed by atoms with E-state index in [9.17, 15) is 14.7 Å². The van der Waals surface area contributed by atoms with Gasteiger partial charge in [0.1, 0.15) is 6.04 Å². The van der Waals surface area contributed by atoms with Crippen molar-refractivity contribution in [3.05, 3.63) is 35.9 Å². The van der Waals surface area contributed by atoms with Crippen LogP contribution >= 0.6 is 0 Å². The average Bonchev–Trinajstić information content (AvgIpc) is 3.13. The summed E-state index contributed by atoms with van der Waals surface area (Å²) in [6.45, 7) is 5.49. The number of nitrogens with zero attached hydrogens (tertiary/aromatic N) is 2. The Kier molecular flexibility index (Phi) is 4.63. The molecule has 0 aromatic heterocycles. The number of aliphatic hydroxyl groups excluding tert-OH is 1. The molecule has 5 nitrogen and oxygen atoms in total. The summed E-state index contributed by atoms with van der Waals surface area (Å²) in [5, 5.41) is 10.1. The van der Waals surface area contributed by atoms with E-state index in [1.54, 1.807) is 9.80 Å². The topological polar surface area (TPSA) is 60.9 Å². The molecule has 130 valence electrons. The van der Waals surface area contributed by atoms with Crippen LogP contribution in [0.3, 0.4) is 0 Å². The summed E-state index contributed by atoms with van der Waals surface area (Å²) < 4.78 is 0. The zero-order valence-electron chi connectivity index (χ0n) is 14.4. The number of rotatable bonds is 3. The molecule has 3 rings (SSSR count). The van der Waals surface area contributed by atoms with Crippen molar-refractivity contribution in [3.8, 4) is 0 Å². The monoisotopic (exact) mass is 330 g/mol. The lowest BCUT2D eigenvalue weighted by atomic mass is 9.90. The summed E-state index contributed by atoms with van der Waals surface area (Å²) in [7, 11) is 0. The van der Waals surface area contributed by atoms with Gasteiger partial charge in [0.25, 0.3) is 0 Å². The first-order chi connectivity index (χ1) is 11.4. The molecule has 1 aromatic carbocycles. The summed E-state index contributed by atoms with van der Waals surface area (Å²) in [6.07, 6.45) is 1.40. The van der Waals surface area contributed by atoms with Crippen LogP contribution in [0.2, 0.25) is 0 Å². The van der Waals surface area contributed by atoms with Crippen LogP contribution in [0.4, 0.5) is 0 Å². The molecule has 2 atom stereocenters. The zero-order valence-corrected chi connectivity index (χ0v) is 14.4. The summed E-state index contributed by atoms with van der Waals surface area (Å²) >= 11 is 0. The second kappa shape index (κ2) is 6.55. The third-order valence-electron chi connectivity index (χ3n) is 5.26. The van der Waals surface area contributed by atoms with E-state index in [2.05, 4.69) is 0 Å². The van der Waals surface area contributed by atoms with Gasteiger partial charge in [-0.1, -0.05) is 44.2 Å². The predicted molar refractivity (Wildman–Crippen MR) is 91.2 cm³/mol. The summed E-state index contributed by atoms with van der Waals surface area (Å²) in [4.78, 5) is 29.0. The minimum Gasteiger partial charge on any atom is -0.391 e. The van der Waals surface area contributed by atoms with Gasteiger partial charge >= 0.3 is 0 Å². The van der Waals surface area contributed by atoms with Crippen molar-refractivity contribution in [2.24, 2.45) is 5.41 Å². The van der Waals surface area contributed by atoms with Crippen molar-refractivity contribution in [2.75, 3.05) is 19.6 Å². The predicted octanol–water partition coefficient (Wildman–Crippen LogP) is 1.45. The van der Waals surface area contributed by atoms with Crippen molar-refractivity contribution in [1.82, 2.24) is 9.80 Å². The van der Waals surface area contributed by atoms with Crippen molar-refractivity contribution in [3.63, 3.8) is 0 Å². The molecular formula is C19H26N2O3. The van der Waals surface area contributed by atoms with Crippen molar-refractivity contribution < 1.29 is 14.7 Å². The first kappa shape index (κ1) is 17.0. The van der Waals surface area contributed by atoms with Crippen LogP contribution in [0.15, 0.2) is 30.3 Å². The lowest BCUT2D eigenvalue weighted by molar-refractivity contribution is -0.143. The van der Waals surface area contributed by atoms with E-state index < -0.39 is 6.10 Å². The Morgan fingerprint density at radius 2 is 1.96 bits per heavy atom. The number of amides is 2. The number of benzene rings is 1. The molecular weight excluding hydrogens is 304 g/mol. The molecule has 0 spiro atoms. The number of hydrogen-bond acceptors (Lipinski definition) is 3. The molecule has 2 fully saturated rings. The summed E-state index contributed by atoms with van der Waals surface area (Å²) in [5.74, 6) is -0.00501. The van der Waals surface area contributed by atoms with Crippen molar-refractivity contribution in [1.29, 1.82) is 0 Å². The van der Waals surface area contributed by atoms with Gasteiger partial charge < -0.3 is 14.9 Å². The standard InChI is InChI=1S/C19H26N2O3/c1-19(2)13-20(12-16(19)22)18(24)15-9-6-10-21(15)17(23)11-14-7-4-3-5-8-14/h3-5,7-8,15-16,22H,6,9-13H2,1-2H3/t15-,16-/m0/s1. The molecule has 24 heavy (non-hydrogen) atoms. The molecule has 2 saturated heterocycles. The van der Waals surface area contributed by atoms with Crippen LogP contribution in [-0.4, -0.2) is 58.5 Å². The molecule has 2 amide bonds. The summed E-state index contributed by atoms with van der Waals surface area (Å²) in [5.41, 5.74) is 0.686. The maximum Gasteiger partial charge on any atom is 0.245 e. The molecule has 0 aliphatic carbocycles. The van der Waals surface area contributed by atoms with Crippen LogP contribution in [0.5, 0.6) is 0 Å². The molecule has 1 N–H and O–H groups in total. The van der Waals surface area contributed by atoms with Gasteiger partial charge in [-0.3, -0.25) is 9.59 Å². The van der Waals surface area contributed by atoms with E-state index in [4.69, 9.17) is 0 Å². The number of carbonyl (C=O) groups is 2. The quantitative estimate of drug-likeness (QED) is 0.912. The first-order valence-electron chi connectivity index (χ1n) is 8.69. The van der Waals surface area contributed by atoms with Gasteiger partial charge in [0.05, 0.1) is 12.5 Å². The largest absolute Gasteiger partial charge is 0.391 e. The number of β-amino-alcohol motifs (C(OH)–C–C–N with tert-alkyl or cyclic N) is 1. The maximum atomic E-state index is 12.9. The highest BCUT2D eigenvalue weighted by atomic mass is 16.3. The number of carbonyl (C=O) groups excluding carboxylic acids is 2. The smallest absolute Gasteiger partial charge is 0.245 e. The fourth-order valence-corrected chi connectivity index (χ4v) is 3.69. The van der Waals surface area contributed by atoms with E-state index in [0.717, 1.165) is 12.0 Å². The second-order valence-electron chi connectivity index (χ2n) is 7.63. The third-order valence-corrected chi connectivity index (χ3v) is 5.26. The molecule has 0 saturated carbocycles. The molecule has 0 unspecified atom stereocenters. The highest BCUT2D eigenvalue weighted by Gasteiger charge is 2.44. The average molecular weight is 330 g/mol. The van der Waals surface area contributed by atoms with E-state index in [1.165, 1.54) is 0 Å². The van der Waals surface area contributed by atoms with E-state index >= 15 is 0 Å². The van der Waals surface area contributed by atoms with E-state index in [0.29, 0.717) is 32.5 Å². The van der Waals surface area contributed by atoms with E-state index in [-0.39, 0.29) is 23.3 Å². The molecule has 0 bridgehead atoms. The lowest BCUT2D eigenvalue weighted by Crippen LogP contribution is -2.48. The first-order valence-corrected chi connectivity index (χ1v) is 8.69. The minimum absolute atomic E-state index is 0.0102. The van der Waals surface area contributed by atoms with Gasteiger partial charge in [-0.05, 0) is 18.4 Å². The Hall–Kier alpha value is -1.88. The Morgan fingerprint density at radius 1 is 1.25 bits per heavy atom. The third kappa shape index (κ3) is 3.31. The normalized spacial score (nSPS) is 26.0. The Morgan fingerprint density at radius 3 is 2.58 bits per heavy atom. The Labute approximate surface area is 143 Å². The van der Waals surface area contributed by atoms with Gasteiger partial charge in [-0.2, -0.15) is 0 Å². The van der Waals surface area contributed by atoms with Gasteiger partial charge in [0.2, 0.25) is 11.8 Å². The highest BCUT2D eigenvalue weighted by molar-refractivity contribution is 5.89. The molecule has 1 aromatic rings. The molecule has 2 aliphatic rings. The number of aliphatic hydroxyl groups is 1. The van der Waals surface area contributed by atoms with Gasteiger partial charge in [0, 0.05) is 25.0 Å². The fourth-order valence-electron chi connectivity index (χ4n) is 3.69. The minimum atomic E-state index is -0.503. The number of likely N-dealkylation sites (tertiary alicyclic amines) is 2. The zero-order chi connectivity index (χ0) is 17.3. The highest BCUT2D eigenvalue weighted by Crippen LogP contribution is 2.31.